The second-order valence-corrected chi connectivity index (χ2v) is 9.54. The first-order valence-electron chi connectivity index (χ1n) is 12.4. The Labute approximate surface area is 210 Å². The number of fused-ring (bicyclic) bond motifs is 10. The molecule has 4 bridgehead atoms. The molecule has 0 spiro atoms. The molecular weight excluding hydrogens is 452 g/mol. The number of hydrogen-bond acceptors (Lipinski definition) is 4. The van der Waals surface area contributed by atoms with Crippen LogP contribution in [-0.2, 0) is 27.4 Å². The zero-order chi connectivity index (χ0) is 25.2. The Kier molecular flexibility index (Phi) is 6.76. The van der Waals surface area contributed by atoms with E-state index in [-0.39, 0.29) is 12.0 Å². The summed E-state index contributed by atoms with van der Waals surface area (Å²) >= 11 is 0. The Morgan fingerprint density at radius 1 is 1.00 bits per heavy atom. The van der Waals surface area contributed by atoms with E-state index < -0.39 is 0 Å². The number of amides is 1. The standard InChI is InChI=1S/C29H32N4O3/c1-30-29(35)28-24-18-33(27-11-7-5-9-22(24)27)14-15-36-20(16-31(2)3)12-13-32-17-23(25(28)19-34)21-8-4-6-10-26(21)32/h4-11,17-20H,12-16H2,1-3H3,(H,30,35)/b28-25+. The fourth-order valence-corrected chi connectivity index (χ4v) is 5.28. The van der Waals surface area contributed by atoms with Crippen molar-refractivity contribution in [1.82, 2.24) is 19.4 Å². The molecule has 1 N–H and O–H groups in total. The number of nitrogens with one attached hydrogen (secondary N) is 1. The summed E-state index contributed by atoms with van der Waals surface area (Å²) in [6.07, 6.45) is 5.71. The van der Waals surface area contributed by atoms with Crippen LogP contribution < -0.4 is 5.32 Å². The van der Waals surface area contributed by atoms with Crippen LogP contribution in [0.15, 0.2) is 60.9 Å². The van der Waals surface area contributed by atoms with E-state index in [0.717, 1.165) is 58.7 Å². The van der Waals surface area contributed by atoms with Gasteiger partial charge in [0.1, 0.15) is 0 Å². The van der Waals surface area contributed by atoms with Gasteiger partial charge >= 0.3 is 0 Å². The highest BCUT2D eigenvalue weighted by molar-refractivity contribution is 6.38. The maximum Gasteiger partial charge on any atom is 0.252 e. The number of rotatable bonds is 4. The number of likely N-dealkylation sites (N-methyl/N-ethyl adjacent to an activating group) is 2. The number of aryl methyl sites for hydroxylation is 1. The molecule has 0 aliphatic carbocycles. The molecule has 1 atom stereocenters. The highest BCUT2D eigenvalue weighted by Crippen LogP contribution is 2.36. The lowest BCUT2D eigenvalue weighted by Crippen LogP contribution is -2.30. The van der Waals surface area contributed by atoms with E-state index in [9.17, 15) is 9.59 Å². The quantitative estimate of drug-likeness (QED) is 0.448. The van der Waals surface area contributed by atoms with Crippen LogP contribution in [0.4, 0.5) is 0 Å². The third kappa shape index (κ3) is 4.36. The molecule has 7 heteroatoms. The predicted octanol–water partition coefficient (Wildman–Crippen LogP) is 3.80. The second kappa shape index (κ2) is 10.1. The van der Waals surface area contributed by atoms with E-state index in [1.54, 1.807) is 7.05 Å². The maximum absolute atomic E-state index is 13.3. The summed E-state index contributed by atoms with van der Waals surface area (Å²) in [6.45, 7) is 2.76. The topological polar surface area (TPSA) is 68.5 Å². The molecule has 186 valence electrons. The average molecular weight is 485 g/mol. The number of ether oxygens (including phenoxy) is 1. The number of aromatic nitrogens is 2. The molecule has 1 amide bonds. The number of benzene rings is 2. The molecule has 2 aromatic carbocycles. The van der Waals surface area contributed by atoms with Gasteiger partial charge in [-0.3, -0.25) is 9.59 Å². The molecule has 3 heterocycles. The molecule has 1 aliphatic heterocycles. The summed E-state index contributed by atoms with van der Waals surface area (Å²) in [4.78, 5) is 28.2. The fourth-order valence-electron chi connectivity index (χ4n) is 5.28. The van der Waals surface area contributed by atoms with E-state index >= 15 is 0 Å². The molecule has 7 nitrogen and oxygen atoms in total. The molecule has 4 aromatic rings. The van der Waals surface area contributed by atoms with Crippen molar-refractivity contribution in [2.24, 2.45) is 0 Å². The lowest BCUT2D eigenvalue weighted by Gasteiger charge is -2.22. The highest BCUT2D eigenvalue weighted by atomic mass is 16.5. The minimum Gasteiger partial charge on any atom is -0.375 e. The van der Waals surface area contributed by atoms with Crippen LogP contribution in [0.5, 0.6) is 0 Å². The normalized spacial score (nSPS) is 18.9. The monoisotopic (exact) mass is 484 g/mol. The van der Waals surface area contributed by atoms with Crippen molar-refractivity contribution in [2.75, 3.05) is 34.3 Å². The summed E-state index contributed by atoms with van der Waals surface area (Å²) in [5, 5.41) is 4.65. The van der Waals surface area contributed by atoms with E-state index in [2.05, 4.69) is 39.5 Å². The van der Waals surface area contributed by atoms with Crippen LogP contribution >= 0.6 is 0 Å². The summed E-state index contributed by atoms with van der Waals surface area (Å²) < 4.78 is 10.7. The summed E-state index contributed by atoms with van der Waals surface area (Å²) in [7, 11) is 5.72. The lowest BCUT2D eigenvalue weighted by atomic mass is 9.94. The van der Waals surface area contributed by atoms with Crippen LogP contribution in [0.2, 0.25) is 0 Å². The zero-order valence-electron chi connectivity index (χ0n) is 21.0. The first-order valence-corrected chi connectivity index (χ1v) is 12.4. The highest BCUT2D eigenvalue weighted by Gasteiger charge is 2.25. The van der Waals surface area contributed by atoms with Crippen molar-refractivity contribution >= 4 is 45.1 Å². The molecule has 5 rings (SSSR count). The number of para-hydroxylation sites is 2. The van der Waals surface area contributed by atoms with E-state index in [0.29, 0.717) is 24.3 Å². The van der Waals surface area contributed by atoms with Gasteiger partial charge in [0.15, 0.2) is 6.29 Å². The van der Waals surface area contributed by atoms with Gasteiger partial charge in [0.25, 0.3) is 5.91 Å². The van der Waals surface area contributed by atoms with Crippen LogP contribution in [0.1, 0.15) is 17.5 Å². The molecule has 0 saturated carbocycles. The smallest absolute Gasteiger partial charge is 0.252 e. The fraction of sp³-hybridized carbons (Fsp3) is 0.310. The Hall–Kier alpha value is -3.68. The number of hydrogen-bond donors (Lipinski definition) is 1. The Morgan fingerprint density at radius 3 is 2.25 bits per heavy atom. The van der Waals surface area contributed by atoms with Crippen molar-refractivity contribution < 1.29 is 14.3 Å². The third-order valence-electron chi connectivity index (χ3n) is 6.92. The Bertz CT molecular complexity index is 1460. The lowest BCUT2D eigenvalue weighted by molar-refractivity contribution is -0.115. The maximum atomic E-state index is 13.3. The first-order chi connectivity index (χ1) is 17.5. The molecule has 0 saturated heterocycles. The molecular formula is C29H32N4O3. The van der Waals surface area contributed by atoms with E-state index in [1.807, 2.05) is 54.9 Å². The summed E-state index contributed by atoms with van der Waals surface area (Å²) in [5.41, 5.74) is 4.32. The summed E-state index contributed by atoms with van der Waals surface area (Å²) in [5.74, 6) is -0.286. The van der Waals surface area contributed by atoms with Crippen molar-refractivity contribution in [3.8, 4) is 0 Å². The van der Waals surface area contributed by atoms with Gasteiger partial charge in [-0.1, -0.05) is 36.4 Å². The molecule has 2 aromatic heterocycles. The van der Waals surface area contributed by atoms with E-state index in [1.165, 1.54) is 0 Å². The van der Waals surface area contributed by atoms with Crippen molar-refractivity contribution in [2.45, 2.75) is 25.6 Å². The van der Waals surface area contributed by atoms with Gasteiger partial charge in [0.2, 0.25) is 0 Å². The number of aldehydes is 1. The number of allylic oxidation sites excluding steroid dienone is 1. The van der Waals surface area contributed by atoms with Crippen LogP contribution in [0.25, 0.3) is 33.0 Å². The molecule has 1 aliphatic rings. The molecule has 1 unspecified atom stereocenters. The molecule has 0 radical (unpaired) electrons. The molecule has 0 fully saturated rings. The number of nitrogens with zero attached hydrogens (tertiary/aromatic N) is 3. The van der Waals surface area contributed by atoms with Crippen LogP contribution in [0, 0.1) is 0 Å². The Morgan fingerprint density at radius 2 is 1.61 bits per heavy atom. The summed E-state index contributed by atoms with van der Waals surface area (Å²) in [6, 6.07) is 16.0. The van der Waals surface area contributed by atoms with Crippen molar-refractivity contribution in [3.63, 3.8) is 0 Å². The van der Waals surface area contributed by atoms with Gasteiger partial charge in [0, 0.05) is 77.6 Å². The SMILES string of the molecule is CNC(=O)/C1=C(\C=O)c2cn(c3ccccc23)CCC(CN(C)C)OCCn2cc1c1ccccc12. The van der Waals surface area contributed by atoms with Crippen molar-refractivity contribution in [3.05, 3.63) is 72.1 Å². The van der Waals surface area contributed by atoms with E-state index in [4.69, 9.17) is 4.74 Å². The number of carbonyl (C=O) groups excluding carboxylic acids is 2. The van der Waals surface area contributed by atoms with Gasteiger partial charge in [-0.25, -0.2) is 0 Å². The van der Waals surface area contributed by atoms with Crippen LogP contribution in [0.3, 0.4) is 0 Å². The third-order valence-corrected chi connectivity index (χ3v) is 6.92. The average Bonchev–Trinajstić information content (AvgIpc) is 3.43. The minimum atomic E-state index is -0.286. The first kappa shape index (κ1) is 24.0. The number of carbonyl (C=O) groups is 2. The largest absolute Gasteiger partial charge is 0.375 e. The second-order valence-electron chi connectivity index (χ2n) is 9.54. The molecule has 36 heavy (non-hydrogen) atoms. The van der Waals surface area contributed by atoms with Gasteiger partial charge in [-0.05, 0) is 32.6 Å². The predicted molar refractivity (Wildman–Crippen MR) is 144 cm³/mol. The van der Waals surface area contributed by atoms with Gasteiger partial charge in [0.05, 0.1) is 18.3 Å². The van der Waals surface area contributed by atoms with Crippen molar-refractivity contribution in [1.29, 1.82) is 0 Å². The van der Waals surface area contributed by atoms with Crippen LogP contribution in [-0.4, -0.2) is 66.6 Å². The minimum absolute atomic E-state index is 0.0661. The zero-order valence-corrected chi connectivity index (χ0v) is 21.0. The van der Waals surface area contributed by atoms with Gasteiger partial charge < -0.3 is 24.1 Å². The van der Waals surface area contributed by atoms with Gasteiger partial charge in [-0.2, -0.15) is 0 Å². The van der Waals surface area contributed by atoms with Gasteiger partial charge in [-0.15, -0.1) is 0 Å². The Balaban J connectivity index is 1.81.